The molecule has 14 heavy (non-hydrogen) atoms. The van der Waals surface area contributed by atoms with Crippen LogP contribution in [0.4, 0.5) is 0 Å². The molecule has 0 saturated heterocycles. The zero-order chi connectivity index (χ0) is 10.2. The summed E-state index contributed by atoms with van der Waals surface area (Å²) < 4.78 is 5.25. The second-order valence-corrected chi connectivity index (χ2v) is 3.31. The fourth-order valence-corrected chi connectivity index (χ4v) is 1.30. The molecule has 1 rings (SSSR count). The molecule has 0 aliphatic heterocycles. The molecule has 0 bridgehead atoms. The predicted octanol–water partition coefficient (Wildman–Crippen LogP) is 1.38. The number of ether oxygens (including phenoxy) is 1. The van der Waals surface area contributed by atoms with E-state index in [1.165, 1.54) is 5.56 Å². The third-order valence-corrected chi connectivity index (χ3v) is 2.08. The molecule has 0 aliphatic rings. The van der Waals surface area contributed by atoms with E-state index in [2.05, 4.69) is 4.98 Å². The molecule has 0 radical (unpaired) electrons. The van der Waals surface area contributed by atoms with Crippen molar-refractivity contribution in [2.45, 2.75) is 25.8 Å². The third-order valence-electron chi connectivity index (χ3n) is 2.08. The van der Waals surface area contributed by atoms with E-state index in [1.54, 1.807) is 12.4 Å². The highest BCUT2D eigenvalue weighted by Gasteiger charge is 2.03. The van der Waals surface area contributed by atoms with Crippen LogP contribution in [0.3, 0.4) is 0 Å². The summed E-state index contributed by atoms with van der Waals surface area (Å²) in [5.74, 6) is 0. The largest absolute Gasteiger partial charge is 0.382 e. The monoisotopic (exact) mass is 194 g/mol. The second kappa shape index (κ2) is 6.51. The van der Waals surface area contributed by atoms with Crippen molar-refractivity contribution in [3.05, 3.63) is 30.1 Å². The van der Waals surface area contributed by atoms with Crippen LogP contribution < -0.4 is 5.73 Å². The zero-order valence-electron chi connectivity index (χ0n) is 8.65. The Morgan fingerprint density at radius 1 is 1.43 bits per heavy atom. The van der Waals surface area contributed by atoms with Crippen LogP contribution in [0.25, 0.3) is 0 Å². The molecule has 1 heterocycles. The fourth-order valence-electron chi connectivity index (χ4n) is 1.30. The lowest BCUT2D eigenvalue weighted by molar-refractivity contribution is 0.140. The van der Waals surface area contributed by atoms with Crippen LogP contribution in [0, 0.1) is 0 Å². The van der Waals surface area contributed by atoms with Gasteiger partial charge in [-0.25, -0.2) is 0 Å². The summed E-state index contributed by atoms with van der Waals surface area (Å²) in [5, 5.41) is 0. The van der Waals surface area contributed by atoms with E-state index in [1.807, 2.05) is 19.1 Å². The summed E-state index contributed by atoms with van der Waals surface area (Å²) in [6.45, 7) is 3.51. The van der Waals surface area contributed by atoms with Gasteiger partial charge in [-0.2, -0.15) is 0 Å². The van der Waals surface area contributed by atoms with E-state index in [9.17, 15) is 0 Å². The number of hydrogen-bond acceptors (Lipinski definition) is 3. The predicted molar refractivity (Wildman–Crippen MR) is 57.0 cm³/mol. The first-order valence-electron chi connectivity index (χ1n) is 5.05. The third kappa shape index (κ3) is 4.35. The maximum Gasteiger partial charge on any atom is 0.0480 e. The van der Waals surface area contributed by atoms with Gasteiger partial charge < -0.3 is 10.5 Å². The zero-order valence-corrected chi connectivity index (χ0v) is 8.65. The first-order valence-corrected chi connectivity index (χ1v) is 5.05. The van der Waals surface area contributed by atoms with Crippen molar-refractivity contribution in [1.29, 1.82) is 0 Å². The average Bonchev–Trinajstić information content (AvgIpc) is 2.20. The number of rotatable bonds is 6. The summed E-state index contributed by atoms with van der Waals surface area (Å²) in [7, 11) is 0. The lowest BCUT2D eigenvalue weighted by Gasteiger charge is -2.10. The van der Waals surface area contributed by atoms with Crippen LogP contribution >= 0.6 is 0 Å². The van der Waals surface area contributed by atoms with Gasteiger partial charge in [-0.3, -0.25) is 4.98 Å². The lowest BCUT2D eigenvalue weighted by atomic mass is 10.1. The normalized spacial score (nSPS) is 12.7. The molecule has 0 saturated carbocycles. The van der Waals surface area contributed by atoms with Crippen molar-refractivity contribution in [1.82, 2.24) is 4.98 Å². The van der Waals surface area contributed by atoms with E-state index >= 15 is 0 Å². The summed E-state index contributed by atoms with van der Waals surface area (Å²) in [6, 6.07) is 4.19. The number of hydrogen-bond donors (Lipinski definition) is 1. The fraction of sp³-hybridized carbons (Fsp3) is 0.545. The van der Waals surface area contributed by atoms with Gasteiger partial charge in [-0.1, -0.05) is 0 Å². The molecule has 0 amide bonds. The molecule has 1 atom stereocenters. The summed E-state index contributed by atoms with van der Waals surface area (Å²) in [4.78, 5) is 3.96. The molecule has 0 aromatic carbocycles. The summed E-state index contributed by atoms with van der Waals surface area (Å²) >= 11 is 0. The van der Waals surface area contributed by atoms with Crippen LogP contribution in [0.5, 0.6) is 0 Å². The molecule has 0 spiro atoms. The van der Waals surface area contributed by atoms with Crippen molar-refractivity contribution in [3.63, 3.8) is 0 Å². The minimum absolute atomic E-state index is 0.184. The standard InChI is InChI=1S/C11H18N2O/c1-2-14-8-5-11(12)9-10-3-6-13-7-4-10/h3-4,6-7,11H,2,5,8-9,12H2,1H3. The maximum atomic E-state index is 5.95. The van der Waals surface area contributed by atoms with Crippen molar-refractivity contribution < 1.29 is 4.74 Å². The second-order valence-electron chi connectivity index (χ2n) is 3.31. The highest BCUT2D eigenvalue weighted by molar-refractivity contribution is 5.10. The Balaban J connectivity index is 2.23. The topological polar surface area (TPSA) is 48.1 Å². The Morgan fingerprint density at radius 2 is 2.14 bits per heavy atom. The average molecular weight is 194 g/mol. The molecular formula is C11H18N2O. The quantitative estimate of drug-likeness (QED) is 0.696. The van der Waals surface area contributed by atoms with Crippen LogP contribution in [0.1, 0.15) is 18.9 Å². The van der Waals surface area contributed by atoms with Gasteiger partial charge in [-0.05, 0) is 37.5 Å². The maximum absolute atomic E-state index is 5.95. The SMILES string of the molecule is CCOCCC(N)Cc1ccncc1. The number of nitrogens with zero attached hydrogens (tertiary/aromatic N) is 1. The van der Waals surface area contributed by atoms with Crippen molar-refractivity contribution >= 4 is 0 Å². The molecule has 2 N–H and O–H groups in total. The van der Waals surface area contributed by atoms with Crippen molar-refractivity contribution in [2.75, 3.05) is 13.2 Å². The Labute approximate surface area is 85.3 Å². The first kappa shape index (κ1) is 11.1. The van der Waals surface area contributed by atoms with Crippen molar-refractivity contribution in [3.8, 4) is 0 Å². The molecule has 1 aromatic heterocycles. The van der Waals surface area contributed by atoms with Crippen molar-refractivity contribution in [2.24, 2.45) is 5.73 Å². The Hall–Kier alpha value is -0.930. The van der Waals surface area contributed by atoms with Gasteiger partial charge >= 0.3 is 0 Å². The smallest absolute Gasteiger partial charge is 0.0480 e. The van der Waals surface area contributed by atoms with E-state index in [0.717, 1.165) is 26.1 Å². The van der Waals surface area contributed by atoms with Gasteiger partial charge in [0.25, 0.3) is 0 Å². The summed E-state index contributed by atoms with van der Waals surface area (Å²) in [6.07, 6.45) is 5.40. The van der Waals surface area contributed by atoms with E-state index < -0.39 is 0 Å². The molecule has 0 fully saturated rings. The van der Waals surface area contributed by atoms with Crippen LogP contribution in [0.15, 0.2) is 24.5 Å². The molecule has 3 heteroatoms. The first-order chi connectivity index (χ1) is 6.83. The highest BCUT2D eigenvalue weighted by atomic mass is 16.5. The van der Waals surface area contributed by atoms with E-state index in [4.69, 9.17) is 10.5 Å². The Bertz CT molecular complexity index is 238. The van der Waals surface area contributed by atoms with Gasteiger partial charge in [0.1, 0.15) is 0 Å². The van der Waals surface area contributed by atoms with Gasteiger partial charge in [0.05, 0.1) is 0 Å². The van der Waals surface area contributed by atoms with E-state index in [0.29, 0.717) is 0 Å². The number of nitrogens with two attached hydrogens (primary N) is 1. The minimum Gasteiger partial charge on any atom is -0.382 e. The highest BCUT2D eigenvalue weighted by Crippen LogP contribution is 2.02. The minimum atomic E-state index is 0.184. The number of aromatic nitrogens is 1. The Kier molecular flexibility index (Phi) is 5.19. The van der Waals surface area contributed by atoms with Crippen LogP contribution in [0.2, 0.25) is 0 Å². The van der Waals surface area contributed by atoms with E-state index in [-0.39, 0.29) is 6.04 Å². The van der Waals surface area contributed by atoms with Crippen LogP contribution in [-0.4, -0.2) is 24.2 Å². The van der Waals surface area contributed by atoms with Gasteiger partial charge in [0, 0.05) is 31.6 Å². The molecule has 0 aliphatic carbocycles. The molecule has 78 valence electrons. The van der Waals surface area contributed by atoms with Gasteiger partial charge in [-0.15, -0.1) is 0 Å². The molecule has 1 aromatic rings. The number of pyridine rings is 1. The summed E-state index contributed by atoms with van der Waals surface area (Å²) in [5.41, 5.74) is 7.19. The van der Waals surface area contributed by atoms with Gasteiger partial charge in [0.2, 0.25) is 0 Å². The van der Waals surface area contributed by atoms with Gasteiger partial charge in [0.15, 0.2) is 0 Å². The molecule has 3 nitrogen and oxygen atoms in total. The lowest BCUT2D eigenvalue weighted by Crippen LogP contribution is -2.24. The molecule has 1 unspecified atom stereocenters. The Morgan fingerprint density at radius 3 is 2.79 bits per heavy atom. The molecular weight excluding hydrogens is 176 g/mol. The van der Waals surface area contributed by atoms with Crippen LogP contribution in [-0.2, 0) is 11.2 Å².